The molecule has 0 fully saturated rings. The van der Waals surface area contributed by atoms with E-state index in [4.69, 9.17) is 25.8 Å². The van der Waals surface area contributed by atoms with Crippen molar-refractivity contribution in [3.63, 3.8) is 0 Å². The van der Waals surface area contributed by atoms with Crippen molar-refractivity contribution in [2.45, 2.75) is 19.3 Å². The van der Waals surface area contributed by atoms with Crippen molar-refractivity contribution in [1.82, 2.24) is 9.97 Å². The SMILES string of the molecule is COC(=O)C1=Cc2c(Nc3ccc(Oc4cccc(OC(F)(F)F)c4)c(Cl)c3)ncnc2N(Cc2ccc(OC)cc2)CC1. The second kappa shape index (κ2) is 13.1. The third-order valence-corrected chi connectivity index (χ3v) is 6.87. The van der Waals surface area contributed by atoms with Gasteiger partial charge in [0.25, 0.3) is 0 Å². The maximum atomic E-state index is 12.6. The molecule has 5 rings (SSSR count). The molecule has 1 aromatic heterocycles. The fourth-order valence-electron chi connectivity index (χ4n) is 4.54. The molecule has 13 heteroatoms. The predicted molar refractivity (Wildman–Crippen MR) is 159 cm³/mol. The van der Waals surface area contributed by atoms with Crippen LogP contribution in [0.4, 0.5) is 30.5 Å². The molecular weight excluding hydrogens is 601 g/mol. The van der Waals surface area contributed by atoms with Gasteiger partial charge in [-0.05, 0) is 60.5 Å². The number of carbonyl (C=O) groups is 1. The van der Waals surface area contributed by atoms with Gasteiger partial charge in [-0.1, -0.05) is 29.8 Å². The molecule has 228 valence electrons. The number of esters is 1. The zero-order valence-electron chi connectivity index (χ0n) is 23.5. The Balaban J connectivity index is 1.41. The van der Waals surface area contributed by atoms with E-state index in [1.807, 2.05) is 24.3 Å². The molecule has 1 aliphatic heterocycles. The van der Waals surface area contributed by atoms with Gasteiger partial charge in [-0.2, -0.15) is 0 Å². The van der Waals surface area contributed by atoms with E-state index in [1.54, 1.807) is 31.4 Å². The van der Waals surface area contributed by atoms with Crippen molar-refractivity contribution < 1.29 is 36.9 Å². The molecule has 1 N–H and O–H groups in total. The number of anilines is 3. The van der Waals surface area contributed by atoms with Crippen LogP contribution in [0, 0.1) is 0 Å². The summed E-state index contributed by atoms with van der Waals surface area (Å²) < 4.78 is 57.8. The average Bonchev–Trinajstić information content (AvgIpc) is 3.18. The average molecular weight is 627 g/mol. The lowest BCUT2D eigenvalue weighted by molar-refractivity contribution is -0.274. The van der Waals surface area contributed by atoms with Crippen molar-refractivity contribution in [2.75, 3.05) is 31.0 Å². The first-order valence-corrected chi connectivity index (χ1v) is 13.6. The Hall–Kier alpha value is -4.97. The standard InChI is InChI=1S/C31H26ClF3N4O5/c1-41-22-9-6-19(7-10-22)17-39-13-12-20(30(40)42-2)14-25-28(36-18-37-29(25)39)38-21-8-11-27(26(32)15-21)43-23-4-3-5-24(16-23)44-31(33,34)35/h3-11,14-16,18H,12-13,17H2,1-2H3,(H,36,37,38). The van der Waals surface area contributed by atoms with Crippen molar-refractivity contribution in [3.8, 4) is 23.0 Å². The van der Waals surface area contributed by atoms with Crippen molar-refractivity contribution in [1.29, 1.82) is 0 Å². The number of ether oxygens (including phenoxy) is 4. The molecule has 3 aromatic carbocycles. The maximum Gasteiger partial charge on any atom is 0.573 e. The molecule has 9 nitrogen and oxygen atoms in total. The van der Waals surface area contributed by atoms with Crippen LogP contribution in [-0.4, -0.2) is 43.1 Å². The van der Waals surface area contributed by atoms with Crippen molar-refractivity contribution in [2.24, 2.45) is 0 Å². The summed E-state index contributed by atoms with van der Waals surface area (Å²) >= 11 is 6.48. The van der Waals surface area contributed by atoms with E-state index in [0.29, 0.717) is 48.0 Å². The van der Waals surface area contributed by atoms with E-state index in [9.17, 15) is 18.0 Å². The largest absolute Gasteiger partial charge is 0.573 e. The van der Waals surface area contributed by atoms with Crippen LogP contribution in [0.5, 0.6) is 23.0 Å². The Morgan fingerprint density at radius 2 is 1.77 bits per heavy atom. The van der Waals surface area contributed by atoms with E-state index in [-0.39, 0.29) is 16.5 Å². The second-order valence-corrected chi connectivity index (χ2v) is 9.94. The summed E-state index contributed by atoms with van der Waals surface area (Å²) in [6.45, 7) is 1.02. The quantitative estimate of drug-likeness (QED) is 0.189. The highest BCUT2D eigenvalue weighted by atomic mass is 35.5. The second-order valence-electron chi connectivity index (χ2n) is 9.54. The molecule has 0 radical (unpaired) electrons. The Labute approximate surface area is 255 Å². The summed E-state index contributed by atoms with van der Waals surface area (Å²) in [5.41, 5.74) is 2.60. The van der Waals surface area contributed by atoms with Gasteiger partial charge in [-0.15, -0.1) is 13.2 Å². The van der Waals surface area contributed by atoms with E-state index < -0.39 is 18.1 Å². The third kappa shape index (κ3) is 7.51. The first-order valence-electron chi connectivity index (χ1n) is 13.2. The minimum atomic E-state index is -4.83. The number of fused-ring (bicyclic) bond motifs is 1. The van der Waals surface area contributed by atoms with Crippen LogP contribution in [0.25, 0.3) is 6.08 Å². The number of alkyl halides is 3. The van der Waals surface area contributed by atoms with Crippen LogP contribution in [0.3, 0.4) is 0 Å². The van der Waals surface area contributed by atoms with E-state index in [1.165, 1.54) is 25.6 Å². The fraction of sp³-hybridized carbons (Fsp3) is 0.194. The monoisotopic (exact) mass is 626 g/mol. The number of benzene rings is 3. The molecular formula is C31H26ClF3N4O5. The van der Waals surface area contributed by atoms with Gasteiger partial charge in [0, 0.05) is 30.4 Å². The summed E-state index contributed by atoms with van der Waals surface area (Å²) in [7, 11) is 2.94. The highest BCUT2D eigenvalue weighted by Crippen LogP contribution is 2.37. The van der Waals surface area contributed by atoms with Gasteiger partial charge in [0.05, 0.1) is 24.8 Å². The molecule has 0 aliphatic carbocycles. The molecule has 0 bridgehead atoms. The third-order valence-electron chi connectivity index (χ3n) is 6.57. The molecule has 0 unspecified atom stereocenters. The number of nitrogens with zero attached hydrogens (tertiary/aromatic N) is 3. The lowest BCUT2D eigenvalue weighted by Gasteiger charge is -2.24. The van der Waals surface area contributed by atoms with E-state index >= 15 is 0 Å². The topological polar surface area (TPSA) is 95.0 Å². The first kappa shape index (κ1) is 30.5. The highest BCUT2D eigenvalue weighted by molar-refractivity contribution is 6.32. The van der Waals surface area contributed by atoms with Gasteiger partial charge in [-0.25, -0.2) is 14.8 Å². The fourth-order valence-corrected chi connectivity index (χ4v) is 4.75. The molecule has 1 aliphatic rings. The Morgan fingerprint density at radius 1 is 1.00 bits per heavy atom. The predicted octanol–water partition coefficient (Wildman–Crippen LogP) is 7.54. The highest BCUT2D eigenvalue weighted by Gasteiger charge is 2.31. The van der Waals surface area contributed by atoms with Crippen LogP contribution < -0.4 is 24.4 Å². The molecule has 0 atom stereocenters. The van der Waals surface area contributed by atoms with Crippen LogP contribution >= 0.6 is 11.6 Å². The van der Waals surface area contributed by atoms with Gasteiger partial charge in [0.1, 0.15) is 41.0 Å². The summed E-state index contributed by atoms with van der Waals surface area (Å²) in [5, 5.41) is 3.41. The number of halogens is 4. The number of aromatic nitrogens is 2. The Bertz CT molecular complexity index is 1680. The summed E-state index contributed by atoms with van der Waals surface area (Å²) in [5.74, 6) is 1.21. The van der Waals surface area contributed by atoms with E-state index in [2.05, 4.69) is 24.9 Å². The first-order chi connectivity index (χ1) is 21.1. The lowest BCUT2D eigenvalue weighted by atomic mass is 10.1. The van der Waals surface area contributed by atoms with Gasteiger partial charge < -0.3 is 29.2 Å². The normalized spacial score (nSPS) is 12.9. The molecule has 2 heterocycles. The number of rotatable bonds is 9. The number of hydrogen-bond donors (Lipinski definition) is 1. The maximum absolute atomic E-state index is 12.6. The number of methoxy groups -OCH3 is 2. The van der Waals surface area contributed by atoms with E-state index in [0.717, 1.165) is 23.4 Å². The zero-order valence-corrected chi connectivity index (χ0v) is 24.3. The molecule has 4 aromatic rings. The van der Waals surface area contributed by atoms with Gasteiger partial charge >= 0.3 is 12.3 Å². The number of carbonyl (C=O) groups excluding carboxylic acids is 1. The van der Waals surface area contributed by atoms with Crippen LogP contribution in [0.15, 0.2) is 78.6 Å². The zero-order chi connectivity index (χ0) is 31.3. The smallest absolute Gasteiger partial charge is 0.497 e. The Kier molecular flexibility index (Phi) is 9.09. The molecule has 0 amide bonds. The molecule has 0 saturated carbocycles. The summed E-state index contributed by atoms with van der Waals surface area (Å²) in [6, 6.07) is 17.6. The van der Waals surface area contributed by atoms with Crippen LogP contribution in [-0.2, 0) is 16.1 Å². The van der Waals surface area contributed by atoms with Gasteiger partial charge in [-0.3, -0.25) is 0 Å². The number of hydrogen-bond acceptors (Lipinski definition) is 9. The summed E-state index contributed by atoms with van der Waals surface area (Å²) in [6.07, 6.45) is -1.27. The van der Waals surface area contributed by atoms with Crippen molar-refractivity contribution in [3.05, 3.63) is 94.8 Å². The van der Waals surface area contributed by atoms with Gasteiger partial charge in [0.2, 0.25) is 0 Å². The molecule has 44 heavy (non-hydrogen) atoms. The molecule has 0 saturated heterocycles. The Morgan fingerprint density at radius 3 is 2.48 bits per heavy atom. The van der Waals surface area contributed by atoms with Gasteiger partial charge in [0.15, 0.2) is 0 Å². The summed E-state index contributed by atoms with van der Waals surface area (Å²) in [4.78, 5) is 23.6. The van der Waals surface area contributed by atoms with Crippen LogP contribution in [0.1, 0.15) is 17.5 Å². The lowest BCUT2D eigenvalue weighted by Crippen LogP contribution is -2.25. The minimum Gasteiger partial charge on any atom is -0.497 e. The minimum absolute atomic E-state index is 0.105. The molecule has 0 spiro atoms. The number of nitrogens with one attached hydrogen (secondary N) is 1. The van der Waals surface area contributed by atoms with Crippen LogP contribution in [0.2, 0.25) is 5.02 Å². The van der Waals surface area contributed by atoms with Crippen molar-refractivity contribution >= 4 is 41.0 Å².